The zero-order chi connectivity index (χ0) is 29.4. The molecule has 238 valence electrons. The van der Waals surface area contributed by atoms with Crippen molar-refractivity contribution in [3.63, 3.8) is 0 Å². The Kier molecular flexibility index (Phi) is 10.6. The summed E-state index contributed by atoms with van der Waals surface area (Å²) in [7, 11) is 0. The predicted molar refractivity (Wildman–Crippen MR) is 137 cm³/mol. The Balaban J connectivity index is 1.32. The van der Waals surface area contributed by atoms with Crippen molar-refractivity contribution < 1.29 is 69.6 Å². The molecule has 5 unspecified atom stereocenters. The molecule has 0 amide bonds. The van der Waals surface area contributed by atoms with E-state index in [9.17, 15) is 46.0 Å². The normalized spacial score (nSPS) is 53.0. The quantitative estimate of drug-likeness (QED) is 0.130. The van der Waals surface area contributed by atoms with Crippen LogP contribution in [0, 0.1) is 11.8 Å². The molecular weight excluding hydrogens is 548 g/mol. The number of fused-ring (bicyclic) bond motifs is 1. The summed E-state index contributed by atoms with van der Waals surface area (Å²) in [6, 6.07) is 0. The summed E-state index contributed by atoms with van der Waals surface area (Å²) < 4.78 is 28.7. The van der Waals surface area contributed by atoms with Crippen molar-refractivity contribution in [2.24, 2.45) is 11.8 Å². The van der Waals surface area contributed by atoms with Crippen LogP contribution < -0.4 is 0 Å². The van der Waals surface area contributed by atoms with E-state index < -0.39 is 86.8 Å². The summed E-state index contributed by atoms with van der Waals surface area (Å²) in [4.78, 5) is 0. The van der Waals surface area contributed by atoms with Crippen LogP contribution in [-0.4, -0.2) is 156 Å². The van der Waals surface area contributed by atoms with Crippen LogP contribution in [0.3, 0.4) is 0 Å². The lowest BCUT2D eigenvalue weighted by atomic mass is 9.74. The summed E-state index contributed by atoms with van der Waals surface area (Å²) in [5.41, 5.74) is 0. The molecule has 15 atom stereocenters. The molecule has 0 aromatic rings. The second-order valence-corrected chi connectivity index (χ2v) is 12.4. The van der Waals surface area contributed by atoms with Gasteiger partial charge in [-0.1, -0.05) is 0 Å². The van der Waals surface area contributed by atoms with Gasteiger partial charge in [0.2, 0.25) is 0 Å². The van der Waals surface area contributed by atoms with E-state index in [1.807, 2.05) is 0 Å². The van der Waals surface area contributed by atoms with Crippen molar-refractivity contribution in [1.82, 2.24) is 0 Å². The fraction of sp³-hybridized carbons (Fsp3) is 1.00. The Morgan fingerprint density at radius 3 is 1.71 bits per heavy atom. The second-order valence-electron chi connectivity index (χ2n) is 12.4. The standard InChI is InChI=1S/C27H46O14/c28-9-18-20(31)22(33)24(35)26(40-18)37-13-7-16-14(5-6-15(38-16)11-1-3-12(30)4-2-11)17(8-13)39-27-25(36)23(34)21(32)19(10-29)41-27/h11-36H,1-10H2/p+1/t11?,12?,13?,14?,15?,16?,17?,18-,19-,20-,21-,22-,23-,24-,25-,26-,27-/m0/s1. The van der Waals surface area contributed by atoms with Gasteiger partial charge in [-0.2, -0.15) is 0 Å². The van der Waals surface area contributed by atoms with Crippen LogP contribution >= 0.6 is 0 Å². The Hall–Kier alpha value is -0.560. The average molecular weight is 596 g/mol. The molecule has 0 radical (unpaired) electrons. The monoisotopic (exact) mass is 595 g/mol. The summed E-state index contributed by atoms with van der Waals surface area (Å²) >= 11 is 0. The first-order chi connectivity index (χ1) is 19.6. The first-order valence-electron chi connectivity index (χ1n) is 14.9. The van der Waals surface area contributed by atoms with E-state index in [1.165, 1.54) is 0 Å². The minimum absolute atomic E-state index is 0.0811. The summed E-state index contributed by atoms with van der Waals surface area (Å²) in [5.74, 6) is 0.276. The zero-order valence-electron chi connectivity index (χ0n) is 23.0. The molecule has 5 aliphatic rings. The van der Waals surface area contributed by atoms with E-state index in [0.29, 0.717) is 12.3 Å². The van der Waals surface area contributed by atoms with Gasteiger partial charge in [-0.25, -0.2) is 0 Å². The van der Waals surface area contributed by atoms with Crippen molar-refractivity contribution in [1.29, 1.82) is 0 Å². The highest BCUT2D eigenvalue weighted by Gasteiger charge is 2.53. The van der Waals surface area contributed by atoms with Crippen LogP contribution in [0.1, 0.15) is 51.4 Å². The molecule has 14 heteroatoms. The van der Waals surface area contributed by atoms with Gasteiger partial charge in [0, 0.05) is 25.2 Å². The number of rotatable bonds is 7. The molecule has 0 spiro atoms. The fourth-order valence-electron chi connectivity index (χ4n) is 7.29. The van der Waals surface area contributed by atoms with Gasteiger partial charge < -0.3 is 69.6 Å². The Bertz CT molecular complexity index is 824. The number of ether oxygens (including phenoxy) is 5. The Labute approximate surface area is 238 Å². The van der Waals surface area contributed by atoms with Crippen LogP contribution in [-0.2, 0) is 18.9 Å². The molecule has 2 aliphatic carbocycles. The highest BCUT2D eigenvalue weighted by molar-refractivity contribution is 4.96. The van der Waals surface area contributed by atoms with E-state index in [2.05, 4.69) is 0 Å². The lowest BCUT2D eigenvalue weighted by Crippen LogP contribution is -2.62. The van der Waals surface area contributed by atoms with E-state index in [-0.39, 0.29) is 30.7 Å². The van der Waals surface area contributed by atoms with Gasteiger partial charge in [-0.3, -0.25) is 0 Å². The first-order valence-corrected chi connectivity index (χ1v) is 14.9. The summed E-state index contributed by atoms with van der Waals surface area (Å²) in [6.45, 7) is -1.17. The third kappa shape index (κ3) is 6.76. The van der Waals surface area contributed by atoms with E-state index in [1.54, 1.807) is 0 Å². The number of aliphatic hydroxyl groups is 11. The largest absolute Gasteiger partial charge is 0.429 e. The van der Waals surface area contributed by atoms with Gasteiger partial charge in [0.1, 0.15) is 48.8 Å². The summed E-state index contributed by atoms with van der Waals surface area (Å²) in [6.07, 6.45) is -10.2. The van der Waals surface area contributed by atoms with Crippen molar-refractivity contribution in [2.45, 2.75) is 143 Å². The molecule has 10 N–H and O–H groups in total. The minimum atomic E-state index is -1.59. The topological polar surface area (TPSA) is 232 Å². The van der Waals surface area contributed by atoms with Crippen LogP contribution in [0.15, 0.2) is 0 Å². The zero-order valence-corrected chi connectivity index (χ0v) is 23.0. The van der Waals surface area contributed by atoms with Gasteiger partial charge in [-0.05, 0) is 32.1 Å². The summed E-state index contributed by atoms with van der Waals surface area (Å²) in [5, 5.41) is 91.1. The van der Waals surface area contributed by atoms with Crippen LogP contribution in [0.4, 0.5) is 0 Å². The van der Waals surface area contributed by atoms with E-state index in [4.69, 9.17) is 23.7 Å². The van der Waals surface area contributed by atoms with Crippen molar-refractivity contribution >= 4 is 0 Å². The van der Waals surface area contributed by atoms with Crippen LogP contribution in [0.5, 0.6) is 0 Å². The predicted octanol–water partition coefficient (Wildman–Crippen LogP) is -3.62. The number of hydrogen-bond acceptors (Lipinski definition) is 13. The Morgan fingerprint density at radius 1 is 0.585 bits per heavy atom. The SMILES string of the molecule is OC[C@@H]1O[C@H](OC2CC(O[C@H]3O[C@@H](CO)[C@H](O)[C@H](O)[C@@H]3O)C3CCC(C4CCC(O)CC4)[OH+]C3C2)[C@@H](O)[C@@H](O)[C@H]1O. The second kappa shape index (κ2) is 13.6. The molecule has 0 aromatic heterocycles. The molecule has 3 heterocycles. The minimum Gasteiger partial charge on any atom is -0.429 e. The molecule has 3 saturated heterocycles. The maximum atomic E-state index is 10.6. The molecule has 0 bridgehead atoms. The van der Waals surface area contributed by atoms with Gasteiger partial charge in [-0.15, -0.1) is 0 Å². The molecular formula is C27H47O14+. The fourth-order valence-corrected chi connectivity index (χ4v) is 7.29. The molecule has 5 rings (SSSR count). The maximum absolute atomic E-state index is 10.6. The molecule has 0 aromatic carbocycles. The third-order valence-corrected chi connectivity index (χ3v) is 9.77. The number of hydrogen-bond donors (Lipinski definition) is 9. The van der Waals surface area contributed by atoms with Crippen molar-refractivity contribution in [2.75, 3.05) is 13.2 Å². The number of aliphatic hydroxyl groups excluding tert-OH is 9. The van der Waals surface area contributed by atoms with Gasteiger partial charge in [0.15, 0.2) is 24.8 Å². The van der Waals surface area contributed by atoms with Crippen molar-refractivity contribution in [3.05, 3.63) is 0 Å². The smallest absolute Gasteiger partial charge is 0.186 e. The molecule has 3 aliphatic heterocycles. The van der Waals surface area contributed by atoms with Crippen molar-refractivity contribution in [3.8, 4) is 0 Å². The van der Waals surface area contributed by atoms with Gasteiger partial charge >= 0.3 is 0 Å². The first kappa shape index (κ1) is 31.9. The molecule has 2 saturated carbocycles. The van der Waals surface area contributed by atoms with Gasteiger partial charge in [0.05, 0.1) is 37.4 Å². The maximum Gasteiger partial charge on any atom is 0.186 e. The third-order valence-electron chi connectivity index (χ3n) is 9.77. The lowest BCUT2D eigenvalue weighted by Gasteiger charge is -2.48. The molecule has 14 nitrogen and oxygen atoms in total. The Morgan fingerprint density at radius 2 is 1.15 bits per heavy atom. The molecule has 5 fully saturated rings. The van der Waals surface area contributed by atoms with E-state index >= 15 is 0 Å². The van der Waals surface area contributed by atoms with Gasteiger partial charge in [0.25, 0.3) is 0 Å². The highest BCUT2D eigenvalue weighted by atomic mass is 16.7. The molecule has 41 heavy (non-hydrogen) atoms. The van der Waals surface area contributed by atoms with E-state index in [0.717, 1.165) is 38.5 Å². The average Bonchev–Trinajstić information content (AvgIpc) is 2.97. The van der Waals surface area contributed by atoms with Crippen LogP contribution in [0.2, 0.25) is 0 Å². The van der Waals surface area contributed by atoms with Crippen LogP contribution in [0.25, 0.3) is 0 Å². The highest BCUT2D eigenvalue weighted by Crippen LogP contribution is 2.43. The lowest BCUT2D eigenvalue weighted by molar-refractivity contribution is -0.348.